The van der Waals surface area contributed by atoms with Gasteiger partial charge in [-0.3, -0.25) is 0 Å². The Morgan fingerprint density at radius 2 is 1.43 bits per heavy atom. The normalized spacial score (nSPS) is 35.8. The zero-order valence-electron chi connectivity index (χ0n) is 9.08. The molecule has 0 aliphatic heterocycles. The minimum Gasteiger partial charge on any atom is -0.327 e. The van der Waals surface area contributed by atoms with Crippen LogP contribution in [0.5, 0.6) is 0 Å². The molecule has 14 heavy (non-hydrogen) atoms. The Labute approximate surface area is 92.2 Å². The van der Waals surface area contributed by atoms with Crippen LogP contribution in [0.3, 0.4) is 0 Å². The van der Waals surface area contributed by atoms with E-state index in [1.807, 2.05) is 0 Å². The van der Waals surface area contributed by atoms with Gasteiger partial charge in [0.1, 0.15) is 0 Å². The predicted octanol–water partition coefficient (Wildman–Crippen LogP) is 3.32. The number of hydrogen-bond donors (Lipinski definition) is 1. The third-order valence-corrected chi connectivity index (χ3v) is 5.46. The summed E-state index contributed by atoms with van der Waals surface area (Å²) in [4.78, 5) is 0. The van der Waals surface area contributed by atoms with Gasteiger partial charge in [0.15, 0.2) is 0 Å². The highest BCUT2D eigenvalue weighted by Gasteiger charge is 2.26. The molecular weight excluding hydrogens is 190 g/mol. The van der Waals surface area contributed by atoms with Crippen LogP contribution >= 0.6 is 11.8 Å². The molecule has 82 valence electrons. The summed E-state index contributed by atoms with van der Waals surface area (Å²) in [5.74, 6) is 0. The van der Waals surface area contributed by atoms with E-state index in [2.05, 4.69) is 11.8 Å². The summed E-state index contributed by atoms with van der Waals surface area (Å²) in [6, 6.07) is 0.496. The highest BCUT2D eigenvalue weighted by atomic mass is 32.2. The summed E-state index contributed by atoms with van der Waals surface area (Å²) in [6.07, 6.45) is 12.7. The molecule has 2 fully saturated rings. The maximum atomic E-state index is 6.18. The Kier molecular flexibility index (Phi) is 4.18. The third kappa shape index (κ3) is 2.90. The zero-order chi connectivity index (χ0) is 9.80. The van der Waals surface area contributed by atoms with E-state index >= 15 is 0 Å². The van der Waals surface area contributed by atoms with Crippen molar-refractivity contribution in [3.8, 4) is 0 Å². The molecular formula is C12H23NS. The van der Waals surface area contributed by atoms with Crippen molar-refractivity contribution in [2.45, 2.75) is 74.3 Å². The maximum absolute atomic E-state index is 6.18. The van der Waals surface area contributed by atoms with Gasteiger partial charge in [0, 0.05) is 16.5 Å². The second kappa shape index (κ2) is 5.41. The van der Waals surface area contributed by atoms with Gasteiger partial charge in [-0.25, -0.2) is 0 Å². The lowest BCUT2D eigenvalue weighted by atomic mass is 9.96. The molecule has 0 unspecified atom stereocenters. The quantitative estimate of drug-likeness (QED) is 0.761. The molecule has 0 aromatic heterocycles. The first-order valence-electron chi connectivity index (χ1n) is 6.27. The van der Waals surface area contributed by atoms with Crippen LogP contribution in [0.25, 0.3) is 0 Å². The minimum absolute atomic E-state index is 0.496. The van der Waals surface area contributed by atoms with Crippen LogP contribution in [-0.4, -0.2) is 16.5 Å². The Morgan fingerprint density at radius 3 is 2.14 bits per heavy atom. The van der Waals surface area contributed by atoms with Crippen LogP contribution in [0.4, 0.5) is 0 Å². The van der Waals surface area contributed by atoms with Gasteiger partial charge in [0.25, 0.3) is 0 Å². The first-order chi connectivity index (χ1) is 6.86. The number of rotatable bonds is 2. The van der Waals surface area contributed by atoms with Crippen LogP contribution in [0.15, 0.2) is 0 Å². The monoisotopic (exact) mass is 213 g/mol. The fourth-order valence-electron chi connectivity index (χ4n) is 2.74. The summed E-state index contributed by atoms with van der Waals surface area (Å²) in [5.41, 5.74) is 6.18. The summed E-state index contributed by atoms with van der Waals surface area (Å²) >= 11 is 2.22. The van der Waals surface area contributed by atoms with Crippen molar-refractivity contribution in [2.75, 3.05) is 0 Å². The van der Waals surface area contributed by atoms with E-state index in [1.54, 1.807) is 0 Å². The fourth-order valence-corrected chi connectivity index (χ4v) is 4.48. The highest BCUT2D eigenvalue weighted by molar-refractivity contribution is 8.00. The van der Waals surface area contributed by atoms with Crippen LogP contribution in [-0.2, 0) is 0 Å². The van der Waals surface area contributed by atoms with Gasteiger partial charge in [0.05, 0.1) is 0 Å². The molecule has 0 radical (unpaired) electrons. The molecule has 0 spiro atoms. The summed E-state index contributed by atoms with van der Waals surface area (Å²) < 4.78 is 0. The Balaban J connectivity index is 1.76. The van der Waals surface area contributed by atoms with Crippen molar-refractivity contribution in [1.29, 1.82) is 0 Å². The second-order valence-corrected chi connectivity index (χ2v) is 6.43. The lowest BCUT2D eigenvalue weighted by molar-refractivity contribution is 0.447. The topological polar surface area (TPSA) is 26.0 Å². The summed E-state index contributed by atoms with van der Waals surface area (Å²) in [7, 11) is 0. The van der Waals surface area contributed by atoms with Gasteiger partial charge in [0.2, 0.25) is 0 Å². The minimum atomic E-state index is 0.496. The van der Waals surface area contributed by atoms with E-state index in [1.165, 1.54) is 57.8 Å². The first-order valence-corrected chi connectivity index (χ1v) is 7.21. The predicted molar refractivity (Wildman–Crippen MR) is 64.7 cm³/mol. The van der Waals surface area contributed by atoms with Crippen molar-refractivity contribution in [1.82, 2.24) is 0 Å². The lowest BCUT2D eigenvalue weighted by Crippen LogP contribution is -2.36. The fraction of sp³-hybridized carbons (Fsp3) is 1.00. The molecule has 2 N–H and O–H groups in total. The Hall–Kier alpha value is 0.310. The van der Waals surface area contributed by atoms with Gasteiger partial charge in [-0.15, -0.1) is 0 Å². The third-order valence-electron chi connectivity index (χ3n) is 3.67. The summed E-state index contributed by atoms with van der Waals surface area (Å²) in [5, 5.41) is 1.73. The van der Waals surface area contributed by atoms with Crippen LogP contribution in [0.2, 0.25) is 0 Å². The molecule has 2 aliphatic rings. The number of hydrogen-bond acceptors (Lipinski definition) is 2. The Morgan fingerprint density at radius 1 is 0.786 bits per heavy atom. The molecule has 0 saturated heterocycles. The van der Waals surface area contributed by atoms with Crippen molar-refractivity contribution in [3.05, 3.63) is 0 Å². The van der Waals surface area contributed by atoms with Crippen molar-refractivity contribution in [2.24, 2.45) is 5.73 Å². The zero-order valence-corrected chi connectivity index (χ0v) is 9.90. The molecule has 2 aliphatic carbocycles. The molecule has 0 heterocycles. The van der Waals surface area contributed by atoms with E-state index in [0.717, 1.165) is 10.5 Å². The van der Waals surface area contributed by atoms with Gasteiger partial charge >= 0.3 is 0 Å². The van der Waals surface area contributed by atoms with Crippen LogP contribution in [0.1, 0.15) is 57.8 Å². The molecule has 2 rings (SSSR count). The molecule has 2 saturated carbocycles. The number of thioether (sulfide) groups is 1. The molecule has 0 aromatic carbocycles. The molecule has 2 atom stereocenters. The average molecular weight is 213 g/mol. The SMILES string of the molecule is N[C@H]1CCCC[C@@H]1SC1CCCCC1. The maximum Gasteiger partial charge on any atom is 0.0201 e. The van der Waals surface area contributed by atoms with Gasteiger partial charge in [-0.1, -0.05) is 32.1 Å². The lowest BCUT2D eigenvalue weighted by Gasteiger charge is -2.32. The van der Waals surface area contributed by atoms with Gasteiger partial charge in [-0.05, 0) is 25.7 Å². The average Bonchev–Trinajstić information content (AvgIpc) is 2.23. The molecule has 0 bridgehead atoms. The van der Waals surface area contributed by atoms with E-state index in [-0.39, 0.29) is 0 Å². The standard InChI is InChI=1S/C12H23NS/c13-11-8-4-5-9-12(11)14-10-6-2-1-3-7-10/h10-12H,1-9,13H2/t11-,12-/m0/s1. The smallest absolute Gasteiger partial charge is 0.0201 e. The van der Waals surface area contributed by atoms with Crippen LogP contribution in [0, 0.1) is 0 Å². The largest absolute Gasteiger partial charge is 0.327 e. The van der Waals surface area contributed by atoms with Gasteiger partial charge in [-0.2, -0.15) is 11.8 Å². The van der Waals surface area contributed by atoms with Crippen molar-refractivity contribution >= 4 is 11.8 Å². The Bertz CT molecular complexity index is 166. The van der Waals surface area contributed by atoms with Crippen molar-refractivity contribution < 1.29 is 0 Å². The number of nitrogens with two attached hydrogens (primary N) is 1. The molecule has 1 nitrogen and oxygen atoms in total. The second-order valence-electron chi connectivity index (χ2n) is 4.88. The van der Waals surface area contributed by atoms with E-state index in [0.29, 0.717) is 6.04 Å². The van der Waals surface area contributed by atoms with Crippen LogP contribution < -0.4 is 5.73 Å². The first kappa shape index (κ1) is 10.8. The molecule has 0 aromatic rings. The molecule has 0 amide bonds. The van der Waals surface area contributed by atoms with Crippen molar-refractivity contribution in [3.63, 3.8) is 0 Å². The highest BCUT2D eigenvalue weighted by Crippen LogP contribution is 2.36. The van der Waals surface area contributed by atoms with E-state index in [4.69, 9.17) is 5.73 Å². The van der Waals surface area contributed by atoms with E-state index in [9.17, 15) is 0 Å². The van der Waals surface area contributed by atoms with E-state index < -0.39 is 0 Å². The summed E-state index contributed by atoms with van der Waals surface area (Å²) in [6.45, 7) is 0. The molecule has 2 heteroatoms. The van der Waals surface area contributed by atoms with Gasteiger partial charge < -0.3 is 5.73 Å².